The molecule has 132 valence electrons. The van der Waals surface area contributed by atoms with E-state index in [0.29, 0.717) is 6.04 Å². The van der Waals surface area contributed by atoms with Crippen molar-refractivity contribution < 1.29 is 0 Å². The summed E-state index contributed by atoms with van der Waals surface area (Å²) in [6.45, 7) is 6.61. The molecule has 5 rings (SSSR count). The molecule has 0 saturated carbocycles. The van der Waals surface area contributed by atoms with Crippen molar-refractivity contribution in [1.29, 1.82) is 0 Å². The van der Waals surface area contributed by atoms with Gasteiger partial charge in [-0.3, -0.25) is 4.90 Å². The lowest BCUT2D eigenvalue weighted by Crippen LogP contribution is -2.42. The highest BCUT2D eigenvalue weighted by Crippen LogP contribution is 2.26. The molecular weight excluding hydrogens is 312 g/mol. The Morgan fingerprint density at radius 3 is 2.76 bits per heavy atom. The van der Waals surface area contributed by atoms with Gasteiger partial charge in [0.1, 0.15) is 5.82 Å². The molecule has 0 radical (unpaired) electrons. The highest BCUT2D eigenvalue weighted by atomic mass is 15.3. The smallest absolute Gasteiger partial charge is 0.154 e. The largest absolute Gasteiger partial charge is 0.355 e. The van der Waals surface area contributed by atoms with E-state index in [-0.39, 0.29) is 0 Å². The van der Waals surface area contributed by atoms with E-state index < -0.39 is 0 Å². The molecule has 2 aromatic heterocycles. The fourth-order valence-corrected chi connectivity index (χ4v) is 4.41. The second-order valence-corrected chi connectivity index (χ2v) is 7.44. The molecule has 2 fully saturated rings. The van der Waals surface area contributed by atoms with Gasteiger partial charge >= 0.3 is 0 Å². The number of hydrogen-bond donors (Lipinski definition) is 1. The van der Waals surface area contributed by atoms with Gasteiger partial charge in [-0.05, 0) is 56.5 Å². The molecule has 0 bridgehead atoms. The summed E-state index contributed by atoms with van der Waals surface area (Å²) in [4.78, 5) is 9.57. The van der Waals surface area contributed by atoms with Crippen LogP contribution in [0.1, 0.15) is 31.4 Å². The Balaban J connectivity index is 1.40. The molecular formula is C19H26N6. The normalized spacial score (nSPS) is 22.9. The molecule has 0 amide bonds. The zero-order chi connectivity index (χ0) is 16.6. The summed E-state index contributed by atoms with van der Waals surface area (Å²) in [5.74, 6) is 1.08. The zero-order valence-electron chi connectivity index (χ0n) is 14.7. The Hall–Kier alpha value is -1.92. The third kappa shape index (κ3) is 2.83. The third-order valence-electron chi connectivity index (χ3n) is 5.88. The number of nitrogens with one attached hydrogen (secondary N) is 1. The van der Waals surface area contributed by atoms with Crippen molar-refractivity contribution >= 4 is 17.0 Å². The summed E-state index contributed by atoms with van der Waals surface area (Å²) in [5.41, 5.74) is 3.48. The molecule has 0 aromatic carbocycles. The summed E-state index contributed by atoms with van der Waals surface area (Å²) in [5, 5.41) is 8.37. The lowest BCUT2D eigenvalue weighted by molar-refractivity contribution is 0.208. The van der Waals surface area contributed by atoms with Crippen LogP contribution in [-0.4, -0.2) is 64.8 Å². The SMILES string of the molecule is C1=C(c2cnc3ccc(N4CCCC4)nn23)CN(C2CCNCC2)C1. The van der Waals surface area contributed by atoms with Crippen molar-refractivity contribution in [2.24, 2.45) is 0 Å². The molecule has 0 aliphatic carbocycles. The van der Waals surface area contributed by atoms with Gasteiger partial charge in [0.25, 0.3) is 0 Å². The van der Waals surface area contributed by atoms with Crippen LogP contribution >= 0.6 is 0 Å². The Kier molecular flexibility index (Phi) is 3.94. The molecule has 1 N–H and O–H groups in total. The average molecular weight is 338 g/mol. The van der Waals surface area contributed by atoms with Gasteiger partial charge in [-0.25, -0.2) is 9.50 Å². The number of anilines is 1. The van der Waals surface area contributed by atoms with E-state index in [1.165, 1.54) is 31.3 Å². The monoisotopic (exact) mass is 338 g/mol. The van der Waals surface area contributed by atoms with E-state index in [0.717, 1.165) is 56.4 Å². The quantitative estimate of drug-likeness (QED) is 0.924. The van der Waals surface area contributed by atoms with Crippen molar-refractivity contribution in [2.75, 3.05) is 44.2 Å². The molecule has 5 heterocycles. The van der Waals surface area contributed by atoms with E-state index in [1.807, 2.05) is 10.7 Å². The van der Waals surface area contributed by atoms with Crippen LogP contribution in [0, 0.1) is 0 Å². The van der Waals surface area contributed by atoms with Crippen LogP contribution in [0.5, 0.6) is 0 Å². The highest BCUT2D eigenvalue weighted by molar-refractivity contribution is 5.68. The van der Waals surface area contributed by atoms with Crippen LogP contribution in [-0.2, 0) is 0 Å². The van der Waals surface area contributed by atoms with Gasteiger partial charge in [0.2, 0.25) is 0 Å². The van der Waals surface area contributed by atoms with Gasteiger partial charge in [0.15, 0.2) is 5.65 Å². The molecule has 25 heavy (non-hydrogen) atoms. The summed E-state index contributed by atoms with van der Waals surface area (Å²) in [6.07, 6.45) is 9.42. The average Bonchev–Trinajstić information content (AvgIpc) is 3.41. The van der Waals surface area contributed by atoms with Crippen LogP contribution in [0.15, 0.2) is 24.4 Å². The Labute approximate surface area is 148 Å². The van der Waals surface area contributed by atoms with Gasteiger partial charge in [-0.15, -0.1) is 5.10 Å². The molecule has 2 aromatic rings. The standard InChI is InChI=1S/C19H26N6/c1-2-11-23(10-1)19-4-3-18-21-13-17(25(18)22-19)15-7-12-24(14-15)16-5-8-20-9-6-16/h3-4,7,13,16,20H,1-2,5-6,8-12,14H2. The molecule has 2 saturated heterocycles. The predicted octanol–water partition coefficient (Wildman–Crippen LogP) is 1.78. The topological polar surface area (TPSA) is 48.7 Å². The van der Waals surface area contributed by atoms with Crippen LogP contribution in [0.25, 0.3) is 11.2 Å². The number of fused-ring (bicyclic) bond motifs is 1. The second kappa shape index (κ2) is 6.42. The first-order valence-electron chi connectivity index (χ1n) is 9.62. The molecule has 6 heteroatoms. The highest BCUT2D eigenvalue weighted by Gasteiger charge is 2.26. The number of piperidine rings is 1. The zero-order valence-corrected chi connectivity index (χ0v) is 14.7. The van der Waals surface area contributed by atoms with Crippen LogP contribution in [0.3, 0.4) is 0 Å². The fraction of sp³-hybridized carbons (Fsp3) is 0.579. The van der Waals surface area contributed by atoms with E-state index >= 15 is 0 Å². The molecule has 6 nitrogen and oxygen atoms in total. The minimum atomic E-state index is 0.710. The number of aromatic nitrogens is 3. The summed E-state index contributed by atoms with van der Waals surface area (Å²) < 4.78 is 2.05. The van der Waals surface area contributed by atoms with Crippen molar-refractivity contribution in [2.45, 2.75) is 31.7 Å². The molecule has 3 aliphatic heterocycles. The van der Waals surface area contributed by atoms with Gasteiger partial charge in [0.05, 0.1) is 11.9 Å². The number of rotatable bonds is 3. The first kappa shape index (κ1) is 15.3. The van der Waals surface area contributed by atoms with E-state index in [4.69, 9.17) is 5.10 Å². The molecule has 3 aliphatic rings. The maximum Gasteiger partial charge on any atom is 0.154 e. The van der Waals surface area contributed by atoms with E-state index in [2.05, 4.69) is 38.3 Å². The van der Waals surface area contributed by atoms with Crippen LogP contribution in [0.4, 0.5) is 5.82 Å². The maximum atomic E-state index is 4.91. The predicted molar refractivity (Wildman–Crippen MR) is 99.9 cm³/mol. The lowest BCUT2D eigenvalue weighted by atomic mass is 10.1. The van der Waals surface area contributed by atoms with Crippen molar-refractivity contribution in [1.82, 2.24) is 24.8 Å². The Bertz CT molecular complexity index is 782. The lowest BCUT2D eigenvalue weighted by Gasteiger charge is -2.31. The third-order valence-corrected chi connectivity index (χ3v) is 5.88. The fourth-order valence-electron chi connectivity index (χ4n) is 4.41. The summed E-state index contributed by atoms with van der Waals surface area (Å²) in [6, 6.07) is 4.92. The van der Waals surface area contributed by atoms with Gasteiger partial charge < -0.3 is 10.2 Å². The first-order valence-corrected chi connectivity index (χ1v) is 9.62. The van der Waals surface area contributed by atoms with Gasteiger partial charge in [-0.2, -0.15) is 0 Å². The van der Waals surface area contributed by atoms with Crippen LogP contribution < -0.4 is 10.2 Å². The number of hydrogen-bond acceptors (Lipinski definition) is 5. The van der Waals surface area contributed by atoms with E-state index in [1.54, 1.807) is 0 Å². The molecule has 0 spiro atoms. The number of imidazole rings is 1. The van der Waals surface area contributed by atoms with Crippen molar-refractivity contribution in [3.05, 3.63) is 30.1 Å². The number of nitrogens with zero attached hydrogens (tertiary/aromatic N) is 5. The minimum Gasteiger partial charge on any atom is -0.355 e. The summed E-state index contributed by atoms with van der Waals surface area (Å²) >= 11 is 0. The maximum absolute atomic E-state index is 4.91. The second-order valence-electron chi connectivity index (χ2n) is 7.44. The first-order chi connectivity index (χ1) is 12.4. The van der Waals surface area contributed by atoms with Gasteiger partial charge in [0, 0.05) is 32.2 Å². The van der Waals surface area contributed by atoms with E-state index in [9.17, 15) is 0 Å². The Morgan fingerprint density at radius 1 is 1.08 bits per heavy atom. The minimum absolute atomic E-state index is 0.710. The van der Waals surface area contributed by atoms with Crippen LogP contribution in [0.2, 0.25) is 0 Å². The Morgan fingerprint density at radius 2 is 1.92 bits per heavy atom. The van der Waals surface area contributed by atoms with Gasteiger partial charge in [-0.1, -0.05) is 6.08 Å². The van der Waals surface area contributed by atoms with Crippen molar-refractivity contribution in [3.63, 3.8) is 0 Å². The molecule has 0 atom stereocenters. The molecule has 0 unspecified atom stereocenters. The summed E-state index contributed by atoms with van der Waals surface area (Å²) in [7, 11) is 0. The van der Waals surface area contributed by atoms with Crippen molar-refractivity contribution in [3.8, 4) is 0 Å².